The molecule has 1 aliphatic rings. The summed E-state index contributed by atoms with van der Waals surface area (Å²) < 4.78 is 17.8. The highest BCUT2D eigenvalue weighted by atomic mass is 32.2. The number of rotatable bonds is 7. The van der Waals surface area contributed by atoms with Crippen LogP contribution < -0.4 is 10.6 Å². The highest BCUT2D eigenvalue weighted by Gasteiger charge is 2.44. The van der Waals surface area contributed by atoms with Crippen molar-refractivity contribution in [3.05, 3.63) is 30.1 Å². The molecule has 0 radical (unpaired) electrons. The highest BCUT2D eigenvalue weighted by Crippen LogP contribution is 2.33. The summed E-state index contributed by atoms with van der Waals surface area (Å²) in [6.45, 7) is 3.82. The Kier molecular flexibility index (Phi) is 7.86. The fraction of sp³-hybridized carbons (Fsp3) is 0.550. The van der Waals surface area contributed by atoms with Gasteiger partial charge in [0.05, 0.1) is 18.1 Å². The van der Waals surface area contributed by atoms with Crippen molar-refractivity contribution in [2.24, 2.45) is 5.92 Å². The van der Waals surface area contributed by atoms with E-state index < -0.39 is 16.8 Å². The van der Waals surface area contributed by atoms with E-state index in [1.54, 1.807) is 6.92 Å². The number of thioether (sulfide) groups is 1. The van der Waals surface area contributed by atoms with Crippen molar-refractivity contribution in [3.8, 4) is 0 Å². The Morgan fingerprint density at radius 2 is 1.86 bits per heavy atom. The molecule has 8 heteroatoms. The van der Waals surface area contributed by atoms with Crippen molar-refractivity contribution in [1.82, 2.24) is 5.32 Å². The highest BCUT2D eigenvalue weighted by molar-refractivity contribution is 8.01. The number of esters is 1. The smallest absolute Gasteiger partial charge is 0.331 e. The first-order valence-electron chi connectivity index (χ1n) is 9.33. The molecular weight excluding hydrogens is 383 g/mol. The molecule has 0 saturated heterocycles. The van der Waals surface area contributed by atoms with Gasteiger partial charge in [-0.05, 0) is 62.8 Å². The van der Waals surface area contributed by atoms with Crippen LogP contribution in [0.15, 0.2) is 24.3 Å². The molecule has 0 heterocycles. The molecule has 28 heavy (non-hydrogen) atoms. The summed E-state index contributed by atoms with van der Waals surface area (Å²) in [6, 6.07) is 5.46. The minimum Gasteiger partial charge on any atom is -0.467 e. The predicted molar refractivity (Wildman–Crippen MR) is 107 cm³/mol. The third-order valence-corrected chi connectivity index (χ3v) is 6.17. The Labute approximate surface area is 169 Å². The molecule has 1 saturated carbocycles. The van der Waals surface area contributed by atoms with E-state index in [4.69, 9.17) is 4.74 Å². The van der Waals surface area contributed by atoms with Crippen LogP contribution in [0.1, 0.15) is 39.5 Å². The van der Waals surface area contributed by atoms with Crippen LogP contribution in [0.3, 0.4) is 0 Å². The van der Waals surface area contributed by atoms with E-state index in [1.807, 2.05) is 0 Å². The first-order chi connectivity index (χ1) is 13.3. The van der Waals surface area contributed by atoms with Crippen LogP contribution in [0.2, 0.25) is 0 Å². The van der Waals surface area contributed by atoms with Crippen LogP contribution in [0, 0.1) is 11.7 Å². The van der Waals surface area contributed by atoms with Gasteiger partial charge in [0.1, 0.15) is 11.4 Å². The lowest BCUT2D eigenvalue weighted by Crippen LogP contribution is -2.58. The fourth-order valence-electron chi connectivity index (χ4n) is 3.17. The molecule has 0 aliphatic heterocycles. The second-order valence-corrected chi connectivity index (χ2v) is 8.58. The van der Waals surface area contributed by atoms with Crippen LogP contribution in [-0.4, -0.2) is 41.4 Å². The number of hydrogen-bond acceptors (Lipinski definition) is 5. The van der Waals surface area contributed by atoms with Crippen LogP contribution in [0.5, 0.6) is 0 Å². The molecule has 2 N–H and O–H groups in total. The van der Waals surface area contributed by atoms with Gasteiger partial charge >= 0.3 is 5.97 Å². The minimum atomic E-state index is -0.983. The number of nitrogens with one attached hydrogen (secondary N) is 2. The number of amides is 2. The van der Waals surface area contributed by atoms with E-state index in [2.05, 4.69) is 17.6 Å². The summed E-state index contributed by atoms with van der Waals surface area (Å²) in [5.74, 6) is -0.802. The molecule has 6 nitrogen and oxygen atoms in total. The normalized spacial score (nSPS) is 22.8. The van der Waals surface area contributed by atoms with Crippen LogP contribution in [-0.2, 0) is 19.1 Å². The van der Waals surface area contributed by atoms with Crippen molar-refractivity contribution in [1.29, 1.82) is 0 Å². The molecule has 1 aromatic carbocycles. The number of hydrogen-bond donors (Lipinski definition) is 2. The van der Waals surface area contributed by atoms with Gasteiger partial charge < -0.3 is 15.4 Å². The molecule has 0 spiro atoms. The lowest BCUT2D eigenvalue weighted by Gasteiger charge is -2.38. The average Bonchev–Trinajstić information content (AvgIpc) is 2.69. The van der Waals surface area contributed by atoms with Gasteiger partial charge in [-0.2, -0.15) is 0 Å². The number of carbonyl (C=O) groups is 3. The largest absolute Gasteiger partial charge is 0.467 e. The molecular formula is C20H27FN2O4S. The van der Waals surface area contributed by atoms with Gasteiger partial charge in [0, 0.05) is 5.69 Å². The number of anilines is 1. The van der Waals surface area contributed by atoms with E-state index in [-0.39, 0.29) is 23.4 Å². The third kappa shape index (κ3) is 5.95. The van der Waals surface area contributed by atoms with Crippen molar-refractivity contribution in [3.63, 3.8) is 0 Å². The SMILES string of the molecule is COC(=O)C1(NC(=O)C(C)SCC(=O)Nc2ccc(F)cc2)CCC(C)CC1. The van der Waals surface area contributed by atoms with Crippen molar-refractivity contribution in [2.45, 2.75) is 50.3 Å². The lowest BCUT2D eigenvalue weighted by molar-refractivity contribution is -0.153. The summed E-state index contributed by atoms with van der Waals surface area (Å²) in [5, 5.41) is 5.01. The topological polar surface area (TPSA) is 84.5 Å². The molecule has 1 fully saturated rings. The second kappa shape index (κ2) is 9.91. The first-order valence-corrected chi connectivity index (χ1v) is 10.4. The average molecular weight is 411 g/mol. The number of halogens is 1. The monoisotopic (exact) mass is 410 g/mol. The van der Waals surface area contributed by atoms with Crippen LogP contribution >= 0.6 is 11.8 Å². The van der Waals surface area contributed by atoms with Crippen molar-refractivity contribution < 1.29 is 23.5 Å². The Bertz CT molecular complexity index is 703. The van der Waals surface area contributed by atoms with Gasteiger partial charge in [-0.3, -0.25) is 9.59 Å². The van der Waals surface area contributed by atoms with Crippen LogP contribution in [0.4, 0.5) is 10.1 Å². The van der Waals surface area contributed by atoms with Gasteiger partial charge in [0.25, 0.3) is 0 Å². The Morgan fingerprint density at radius 3 is 2.43 bits per heavy atom. The zero-order chi connectivity index (χ0) is 20.7. The second-order valence-electron chi connectivity index (χ2n) is 7.25. The molecule has 2 rings (SSSR count). The standard InChI is InChI=1S/C20H27FN2O4S/c1-13-8-10-20(11-9-13,19(26)27-3)23-18(25)14(2)28-12-17(24)22-16-6-4-15(21)5-7-16/h4-7,13-14H,8-12H2,1-3H3,(H,22,24)(H,23,25). The van der Waals surface area contributed by atoms with Crippen LogP contribution in [0.25, 0.3) is 0 Å². The van der Waals surface area contributed by atoms with Gasteiger partial charge in [0.2, 0.25) is 11.8 Å². The van der Waals surface area contributed by atoms with Gasteiger partial charge in [-0.15, -0.1) is 11.8 Å². The molecule has 154 valence electrons. The number of ether oxygens (including phenoxy) is 1. The summed E-state index contributed by atoms with van der Waals surface area (Å²) in [7, 11) is 1.33. The quantitative estimate of drug-likeness (QED) is 0.675. The number of benzene rings is 1. The van der Waals surface area contributed by atoms with E-state index in [1.165, 1.54) is 43.1 Å². The lowest BCUT2D eigenvalue weighted by atomic mass is 9.77. The van der Waals surface area contributed by atoms with Gasteiger partial charge in [0.15, 0.2) is 0 Å². The number of methoxy groups -OCH3 is 1. The van der Waals surface area contributed by atoms with E-state index in [9.17, 15) is 18.8 Å². The number of carbonyl (C=O) groups excluding carboxylic acids is 3. The Balaban J connectivity index is 1.87. The Hall–Kier alpha value is -2.09. The maximum Gasteiger partial charge on any atom is 0.331 e. The molecule has 0 aromatic heterocycles. The van der Waals surface area contributed by atoms with E-state index in [0.717, 1.165) is 12.8 Å². The maximum absolute atomic E-state index is 12.9. The maximum atomic E-state index is 12.9. The van der Waals surface area contributed by atoms with Gasteiger partial charge in [-0.1, -0.05) is 6.92 Å². The third-order valence-electron chi connectivity index (χ3n) is 5.03. The first kappa shape index (κ1) is 22.2. The van der Waals surface area contributed by atoms with Gasteiger partial charge in [-0.25, -0.2) is 9.18 Å². The Morgan fingerprint density at radius 1 is 1.25 bits per heavy atom. The van der Waals surface area contributed by atoms with Crippen molar-refractivity contribution >= 4 is 35.2 Å². The van der Waals surface area contributed by atoms with E-state index in [0.29, 0.717) is 24.4 Å². The summed E-state index contributed by atoms with van der Waals surface area (Å²) in [5.41, 5.74) is -0.492. The minimum absolute atomic E-state index is 0.0637. The molecule has 1 unspecified atom stereocenters. The van der Waals surface area contributed by atoms with Crippen molar-refractivity contribution in [2.75, 3.05) is 18.2 Å². The zero-order valence-electron chi connectivity index (χ0n) is 16.4. The predicted octanol–water partition coefficient (Wildman–Crippen LogP) is 3.12. The molecule has 0 bridgehead atoms. The summed E-state index contributed by atoms with van der Waals surface area (Å²) >= 11 is 1.17. The zero-order valence-corrected chi connectivity index (χ0v) is 17.2. The fourth-order valence-corrected chi connectivity index (χ4v) is 3.86. The summed E-state index contributed by atoms with van der Waals surface area (Å²) in [6.07, 6.45) is 2.79. The van der Waals surface area contributed by atoms with E-state index >= 15 is 0 Å². The molecule has 1 atom stereocenters. The molecule has 2 amide bonds. The summed E-state index contributed by atoms with van der Waals surface area (Å²) in [4.78, 5) is 37.0. The molecule has 1 aromatic rings. The molecule has 1 aliphatic carbocycles.